The molecule has 0 aliphatic heterocycles. The lowest BCUT2D eigenvalue weighted by Crippen LogP contribution is -2.53. The molecule has 0 nitrogen and oxygen atoms in total. The fourth-order valence-electron chi connectivity index (χ4n) is 8.01. The molecule has 4 aliphatic carbocycles. The van der Waals surface area contributed by atoms with Gasteiger partial charge in [0.2, 0.25) is 0 Å². The Bertz CT molecular complexity index is 397. The van der Waals surface area contributed by atoms with Gasteiger partial charge in [0.05, 0.1) is 0 Å². The average molecular weight is 289 g/mol. The molecule has 0 heteroatoms. The van der Waals surface area contributed by atoms with E-state index in [0.717, 1.165) is 40.4 Å². The highest BCUT2D eigenvalue weighted by atomic mass is 14.6. The van der Waals surface area contributed by atoms with Gasteiger partial charge in [-0.15, -0.1) is 0 Å². The zero-order valence-corrected chi connectivity index (χ0v) is 14.7. The van der Waals surface area contributed by atoms with Gasteiger partial charge >= 0.3 is 0 Å². The van der Waals surface area contributed by atoms with Gasteiger partial charge in [-0.25, -0.2) is 0 Å². The van der Waals surface area contributed by atoms with Crippen LogP contribution in [0.15, 0.2) is 0 Å². The van der Waals surface area contributed by atoms with Crippen LogP contribution >= 0.6 is 0 Å². The maximum absolute atomic E-state index is 2.71. The van der Waals surface area contributed by atoms with Crippen LogP contribution in [0.4, 0.5) is 0 Å². The third-order valence-electron chi connectivity index (χ3n) is 9.15. The highest BCUT2D eigenvalue weighted by molar-refractivity contribution is 5.08. The predicted molar refractivity (Wildman–Crippen MR) is 90.1 cm³/mol. The van der Waals surface area contributed by atoms with Crippen LogP contribution in [-0.4, -0.2) is 0 Å². The fourth-order valence-corrected chi connectivity index (χ4v) is 8.01. The van der Waals surface area contributed by atoms with Crippen molar-refractivity contribution in [3.05, 3.63) is 0 Å². The van der Waals surface area contributed by atoms with Crippen LogP contribution in [-0.2, 0) is 0 Å². The lowest BCUT2D eigenvalue weighted by atomic mass is 9.44. The summed E-state index contributed by atoms with van der Waals surface area (Å²) in [6, 6.07) is 0. The molecule has 4 rings (SSSR count). The molecule has 0 radical (unpaired) electrons. The quantitative estimate of drug-likeness (QED) is 0.520. The predicted octanol–water partition coefficient (Wildman–Crippen LogP) is 6.45. The van der Waals surface area contributed by atoms with E-state index in [4.69, 9.17) is 0 Å². The minimum absolute atomic E-state index is 0.729. The fraction of sp³-hybridized carbons (Fsp3) is 1.00. The molecule has 0 aromatic carbocycles. The summed E-state index contributed by atoms with van der Waals surface area (Å²) in [5.41, 5.74) is 1.48. The summed E-state index contributed by atoms with van der Waals surface area (Å²) in [4.78, 5) is 0. The SMILES string of the molecule is CC(C)[C@@]12CCC[C@H]1[C@@H]1CCC3CCCC[C@]3(C)[C@H]1CC2. The molecule has 120 valence electrons. The molecular weight excluding hydrogens is 252 g/mol. The number of hydrogen-bond acceptors (Lipinski definition) is 0. The van der Waals surface area contributed by atoms with Crippen molar-refractivity contribution >= 4 is 0 Å². The Morgan fingerprint density at radius 3 is 2.43 bits per heavy atom. The van der Waals surface area contributed by atoms with E-state index in [2.05, 4.69) is 20.8 Å². The Balaban J connectivity index is 1.65. The molecule has 0 saturated heterocycles. The topological polar surface area (TPSA) is 0 Å². The normalized spacial score (nSPS) is 53.1. The van der Waals surface area contributed by atoms with Crippen LogP contribution in [0.1, 0.15) is 91.4 Å². The Hall–Kier alpha value is 0. The van der Waals surface area contributed by atoms with Gasteiger partial charge in [0.1, 0.15) is 0 Å². The molecule has 4 saturated carbocycles. The van der Waals surface area contributed by atoms with Crippen LogP contribution in [0, 0.1) is 40.4 Å². The van der Waals surface area contributed by atoms with Crippen molar-refractivity contribution in [2.75, 3.05) is 0 Å². The molecule has 0 amide bonds. The first-order valence-electron chi connectivity index (χ1n) is 10.1. The first kappa shape index (κ1) is 14.6. The van der Waals surface area contributed by atoms with Crippen molar-refractivity contribution in [3.63, 3.8) is 0 Å². The van der Waals surface area contributed by atoms with Gasteiger partial charge in [-0.3, -0.25) is 0 Å². The van der Waals surface area contributed by atoms with E-state index >= 15 is 0 Å². The molecule has 6 atom stereocenters. The van der Waals surface area contributed by atoms with E-state index < -0.39 is 0 Å². The first-order chi connectivity index (χ1) is 10.1. The van der Waals surface area contributed by atoms with Crippen molar-refractivity contribution in [3.8, 4) is 0 Å². The number of hydrogen-bond donors (Lipinski definition) is 0. The maximum atomic E-state index is 2.71. The van der Waals surface area contributed by atoms with Crippen LogP contribution in [0.5, 0.6) is 0 Å². The van der Waals surface area contributed by atoms with E-state index in [1.54, 1.807) is 51.4 Å². The minimum Gasteiger partial charge on any atom is -0.0622 e. The third kappa shape index (κ3) is 1.93. The average Bonchev–Trinajstić information content (AvgIpc) is 2.92. The van der Waals surface area contributed by atoms with Crippen molar-refractivity contribution in [2.24, 2.45) is 40.4 Å². The van der Waals surface area contributed by atoms with E-state index in [1.807, 2.05) is 0 Å². The van der Waals surface area contributed by atoms with E-state index in [0.29, 0.717) is 0 Å². The van der Waals surface area contributed by atoms with Gasteiger partial charge in [-0.05, 0) is 91.8 Å². The second kappa shape index (κ2) is 5.00. The van der Waals surface area contributed by atoms with Crippen LogP contribution in [0.25, 0.3) is 0 Å². The van der Waals surface area contributed by atoms with Gasteiger partial charge in [0, 0.05) is 0 Å². The van der Waals surface area contributed by atoms with Gasteiger partial charge in [-0.2, -0.15) is 0 Å². The summed E-state index contributed by atoms with van der Waals surface area (Å²) < 4.78 is 0. The van der Waals surface area contributed by atoms with Crippen molar-refractivity contribution < 1.29 is 0 Å². The van der Waals surface area contributed by atoms with Crippen LogP contribution in [0.2, 0.25) is 0 Å². The Morgan fingerprint density at radius 2 is 1.62 bits per heavy atom. The number of fused-ring (bicyclic) bond motifs is 5. The molecule has 4 fully saturated rings. The van der Waals surface area contributed by atoms with Crippen molar-refractivity contribution in [2.45, 2.75) is 91.4 Å². The highest BCUT2D eigenvalue weighted by Gasteiger charge is 2.59. The summed E-state index contributed by atoms with van der Waals surface area (Å²) in [6.45, 7) is 7.78. The summed E-state index contributed by atoms with van der Waals surface area (Å²) in [7, 11) is 0. The van der Waals surface area contributed by atoms with Crippen LogP contribution in [0.3, 0.4) is 0 Å². The Kier molecular flexibility index (Phi) is 3.47. The molecule has 0 heterocycles. The van der Waals surface area contributed by atoms with E-state index in [-0.39, 0.29) is 0 Å². The Labute approximate surface area is 132 Å². The molecule has 21 heavy (non-hydrogen) atoms. The molecule has 0 spiro atoms. The second-order valence-corrected chi connectivity index (χ2v) is 9.72. The van der Waals surface area contributed by atoms with Gasteiger partial charge in [-0.1, -0.05) is 40.0 Å². The second-order valence-electron chi connectivity index (χ2n) is 9.72. The Morgan fingerprint density at radius 1 is 0.762 bits per heavy atom. The minimum atomic E-state index is 0.729. The molecule has 0 aromatic rings. The van der Waals surface area contributed by atoms with E-state index in [9.17, 15) is 0 Å². The molecule has 0 bridgehead atoms. The lowest BCUT2D eigenvalue weighted by Gasteiger charge is -2.61. The number of rotatable bonds is 1. The summed E-state index contributed by atoms with van der Waals surface area (Å²) in [6.07, 6.45) is 17.1. The third-order valence-corrected chi connectivity index (χ3v) is 9.15. The van der Waals surface area contributed by atoms with Crippen molar-refractivity contribution in [1.82, 2.24) is 0 Å². The van der Waals surface area contributed by atoms with Gasteiger partial charge in [0.15, 0.2) is 0 Å². The lowest BCUT2D eigenvalue weighted by molar-refractivity contribution is -0.118. The molecule has 0 aromatic heterocycles. The van der Waals surface area contributed by atoms with E-state index in [1.165, 1.54) is 19.3 Å². The summed E-state index contributed by atoms with van der Waals surface area (Å²) in [5.74, 6) is 5.29. The smallest absolute Gasteiger partial charge is 0.0243 e. The molecular formula is C21H36. The molecule has 1 unspecified atom stereocenters. The molecule has 4 aliphatic rings. The molecule has 0 N–H and O–H groups in total. The standard InChI is InChI=1S/C21H36/c1-15(2)21-13-6-8-19(21)17-10-9-16-7-4-5-12-20(16,3)18(17)11-14-21/h15-19H,4-14H2,1-3H3/t16?,17-,18+,19+,20+,21+/m1/s1. The summed E-state index contributed by atoms with van der Waals surface area (Å²) in [5, 5.41) is 0. The summed E-state index contributed by atoms with van der Waals surface area (Å²) >= 11 is 0. The zero-order chi connectivity index (χ0) is 14.7. The van der Waals surface area contributed by atoms with Crippen LogP contribution < -0.4 is 0 Å². The van der Waals surface area contributed by atoms with Gasteiger partial charge < -0.3 is 0 Å². The first-order valence-corrected chi connectivity index (χ1v) is 10.1. The maximum Gasteiger partial charge on any atom is -0.0243 e. The highest BCUT2D eigenvalue weighted by Crippen LogP contribution is 2.67. The monoisotopic (exact) mass is 288 g/mol. The van der Waals surface area contributed by atoms with Gasteiger partial charge in [0.25, 0.3) is 0 Å². The zero-order valence-electron chi connectivity index (χ0n) is 14.7. The van der Waals surface area contributed by atoms with Crippen molar-refractivity contribution in [1.29, 1.82) is 0 Å². The largest absolute Gasteiger partial charge is 0.0622 e.